The zero-order valence-electron chi connectivity index (χ0n) is 16.6. The molecule has 3 aromatic carbocycles. The largest absolute Gasteiger partial charge is 0.478 e. The maximum absolute atomic E-state index is 12.8. The number of nitrogens with zero attached hydrogens (tertiary/aromatic N) is 1. The molecule has 4 rings (SSSR count). The standard InChI is InChI=1S/C24H22N2O3/c1-16-12-13-20-21(14-16)28-22(26-20)17-8-7-9-18(15-17)25-23(27)24(2,3)29-19-10-5-4-6-11-19/h4-15H,1-3H3,(H,25,27). The normalized spacial score (nSPS) is 11.4. The van der Waals surface area contributed by atoms with Crippen molar-refractivity contribution >= 4 is 22.7 Å². The Kier molecular flexibility index (Phi) is 4.80. The van der Waals surface area contributed by atoms with Gasteiger partial charge in [-0.05, 0) is 68.8 Å². The molecule has 0 radical (unpaired) electrons. The Morgan fingerprint density at radius 3 is 2.59 bits per heavy atom. The summed E-state index contributed by atoms with van der Waals surface area (Å²) < 4.78 is 11.8. The molecule has 1 heterocycles. The number of hydrogen-bond donors (Lipinski definition) is 1. The van der Waals surface area contributed by atoms with Crippen LogP contribution in [0, 0.1) is 6.92 Å². The van der Waals surface area contributed by atoms with E-state index in [4.69, 9.17) is 9.15 Å². The van der Waals surface area contributed by atoms with Crippen LogP contribution in [-0.2, 0) is 4.79 Å². The Bertz CT molecular complexity index is 1160. The van der Waals surface area contributed by atoms with Gasteiger partial charge in [-0.15, -0.1) is 0 Å². The Labute approximate surface area is 169 Å². The number of amides is 1. The molecule has 5 nitrogen and oxygen atoms in total. The summed E-state index contributed by atoms with van der Waals surface area (Å²) in [6.45, 7) is 5.49. The third-order valence-corrected chi connectivity index (χ3v) is 4.57. The predicted molar refractivity (Wildman–Crippen MR) is 114 cm³/mol. The van der Waals surface area contributed by atoms with Gasteiger partial charge in [-0.25, -0.2) is 4.98 Å². The molecule has 146 valence electrons. The molecule has 0 fully saturated rings. The lowest BCUT2D eigenvalue weighted by atomic mass is 10.1. The van der Waals surface area contributed by atoms with E-state index in [0.717, 1.165) is 22.2 Å². The molecule has 0 bridgehead atoms. The Morgan fingerprint density at radius 2 is 1.79 bits per heavy atom. The van der Waals surface area contributed by atoms with E-state index in [1.807, 2.05) is 79.7 Å². The third-order valence-electron chi connectivity index (χ3n) is 4.57. The first-order valence-electron chi connectivity index (χ1n) is 9.44. The van der Waals surface area contributed by atoms with E-state index in [-0.39, 0.29) is 5.91 Å². The maximum atomic E-state index is 12.8. The number of para-hydroxylation sites is 1. The van der Waals surface area contributed by atoms with E-state index >= 15 is 0 Å². The number of hydrogen-bond acceptors (Lipinski definition) is 4. The monoisotopic (exact) mass is 386 g/mol. The van der Waals surface area contributed by atoms with Crippen LogP contribution in [0.3, 0.4) is 0 Å². The molecule has 0 aliphatic rings. The first-order valence-corrected chi connectivity index (χ1v) is 9.44. The fourth-order valence-electron chi connectivity index (χ4n) is 3.00. The molecule has 1 amide bonds. The second-order valence-corrected chi connectivity index (χ2v) is 7.45. The molecule has 4 aromatic rings. The highest BCUT2D eigenvalue weighted by Gasteiger charge is 2.30. The summed E-state index contributed by atoms with van der Waals surface area (Å²) in [5.41, 5.74) is 3.06. The lowest BCUT2D eigenvalue weighted by Gasteiger charge is -2.25. The highest BCUT2D eigenvalue weighted by atomic mass is 16.5. The van der Waals surface area contributed by atoms with Gasteiger partial charge < -0.3 is 14.5 Å². The van der Waals surface area contributed by atoms with Crippen LogP contribution in [0.15, 0.2) is 77.2 Å². The van der Waals surface area contributed by atoms with Gasteiger partial charge in [0.25, 0.3) is 5.91 Å². The van der Waals surface area contributed by atoms with Crippen LogP contribution >= 0.6 is 0 Å². The van der Waals surface area contributed by atoms with Crippen molar-refractivity contribution in [2.45, 2.75) is 26.4 Å². The molecule has 0 saturated heterocycles. The van der Waals surface area contributed by atoms with Crippen molar-refractivity contribution in [1.82, 2.24) is 4.98 Å². The van der Waals surface area contributed by atoms with Gasteiger partial charge >= 0.3 is 0 Å². The minimum atomic E-state index is -1.04. The topological polar surface area (TPSA) is 64.4 Å². The molecule has 0 atom stereocenters. The van der Waals surface area contributed by atoms with Gasteiger partial charge in [-0.1, -0.05) is 30.3 Å². The average molecular weight is 386 g/mol. The van der Waals surface area contributed by atoms with Gasteiger partial charge in [0.15, 0.2) is 11.2 Å². The van der Waals surface area contributed by atoms with Gasteiger partial charge in [-0.2, -0.15) is 0 Å². The number of aryl methyl sites for hydroxylation is 1. The number of fused-ring (bicyclic) bond motifs is 1. The van der Waals surface area contributed by atoms with E-state index < -0.39 is 5.60 Å². The van der Waals surface area contributed by atoms with E-state index in [0.29, 0.717) is 17.3 Å². The number of carbonyl (C=O) groups is 1. The summed E-state index contributed by atoms with van der Waals surface area (Å²) in [6, 6.07) is 22.6. The number of aromatic nitrogens is 1. The lowest BCUT2D eigenvalue weighted by Crippen LogP contribution is -2.42. The van der Waals surface area contributed by atoms with Crippen LogP contribution in [0.25, 0.3) is 22.6 Å². The van der Waals surface area contributed by atoms with E-state index in [2.05, 4.69) is 10.3 Å². The van der Waals surface area contributed by atoms with Crippen LogP contribution in [0.4, 0.5) is 5.69 Å². The zero-order chi connectivity index (χ0) is 20.4. The summed E-state index contributed by atoms with van der Waals surface area (Å²) in [5.74, 6) is 0.913. The fourth-order valence-corrected chi connectivity index (χ4v) is 3.00. The molecule has 0 aliphatic carbocycles. The molecule has 0 saturated carbocycles. The summed E-state index contributed by atoms with van der Waals surface area (Å²) >= 11 is 0. The van der Waals surface area contributed by atoms with Crippen LogP contribution < -0.4 is 10.1 Å². The Balaban J connectivity index is 1.54. The van der Waals surface area contributed by atoms with E-state index in [9.17, 15) is 4.79 Å². The molecule has 0 unspecified atom stereocenters. The SMILES string of the molecule is Cc1ccc2nc(-c3cccc(NC(=O)C(C)(C)Oc4ccccc4)c3)oc2c1. The van der Waals surface area contributed by atoms with Crippen LogP contribution in [0.2, 0.25) is 0 Å². The average Bonchev–Trinajstić information content (AvgIpc) is 3.12. The van der Waals surface area contributed by atoms with Crippen molar-refractivity contribution < 1.29 is 13.9 Å². The highest BCUT2D eigenvalue weighted by molar-refractivity contribution is 5.97. The smallest absolute Gasteiger partial charge is 0.267 e. The number of nitrogens with one attached hydrogen (secondary N) is 1. The first kappa shape index (κ1) is 18.7. The molecule has 29 heavy (non-hydrogen) atoms. The number of anilines is 1. The summed E-state index contributed by atoms with van der Waals surface area (Å²) in [7, 11) is 0. The zero-order valence-corrected chi connectivity index (χ0v) is 16.6. The lowest BCUT2D eigenvalue weighted by molar-refractivity contribution is -0.128. The van der Waals surface area contributed by atoms with Crippen molar-refractivity contribution in [1.29, 1.82) is 0 Å². The minimum Gasteiger partial charge on any atom is -0.478 e. The summed E-state index contributed by atoms with van der Waals surface area (Å²) in [5, 5.41) is 2.92. The molecular weight excluding hydrogens is 364 g/mol. The van der Waals surface area contributed by atoms with Crippen molar-refractivity contribution in [2.75, 3.05) is 5.32 Å². The van der Waals surface area contributed by atoms with Crippen LogP contribution in [-0.4, -0.2) is 16.5 Å². The van der Waals surface area contributed by atoms with Gasteiger partial charge in [-0.3, -0.25) is 4.79 Å². The summed E-state index contributed by atoms with van der Waals surface area (Å²) in [4.78, 5) is 17.3. The Morgan fingerprint density at radius 1 is 1.00 bits per heavy atom. The second-order valence-electron chi connectivity index (χ2n) is 7.45. The first-order chi connectivity index (χ1) is 13.9. The number of oxazole rings is 1. The molecule has 5 heteroatoms. The number of benzene rings is 3. The molecule has 1 N–H and O–H groups in total. The van der Waals surface area contributed by atoms with Crippen molar-refractivity contribution in [2.24, 2.45) is 0 Å². The fraction of sp³-hybridized carbons (Fsp3) is 0.167. The number of carbonyl (C=O) groups excluding carboxylic acids is 1. The number of rotatable bonds is 5. The molecular formula is C24H22N2O3. The summed E-state index contributed by atoms with van der Waals surface area (Å²) in [6.07, 6.45) is 0. The Hall–Kier alpha value is -3.60. The maximum Gasteiger partial charge on any atom is 0.267 e. The van der Waals surface area contributed by atoms with Crippen LogP contribution in [0.5, 0.6) is 5.75 Å². The molecule has 0 spiro atoms. The third kappa shape index (κ3) is 4.14. The van der Waals surface area contributed by atoms with Crippen molar-refractivity contribution in [3.63, 3.8) is 0 Å². The van der Waals surface area contributed by atoms with Crippen molar-refractivity contribution in [3.05, 3.63) is 78.4 Å². The number of ether oxygens (including phenoxy) is 1. The second kappa shape index (κ2) is 7.43. The minimum absolute atomic E-state index is 0.244. The van der Waals surface area contributed by atoms with E-state index in [1.165, 1.54) is 0 Å². The molecule has 0 aliphatic heterocycles. The van der Waals surface area contributed by atoms with Crippen LogP contribution in [0.1, 0.15) is 19.4 Å². The van der Waals surface area contributed by atoms with Gasteiger partial charge in [0, 0.05) is 11.3 Å². The predicted octanol–water partition coefficient (Wildman–Crippen LogP) is 5.60. The van der Waals surface area contributed by atoms with Gasteiger partial charge in [0.2, 0.25) is 5.89 Å². The van der Waals surface area contributed by atoms with Gasteiger partial charge in [0.1, 0.15) is 11.3 Å². The molecule has 1 aromatic heterocycles. The quantitative estimate of drug-likeness (QED) is 0.485. The van der Waals surface area contributed by atoms with E-state index in [1.54, 1.807) is 13.8 Å². The highest BCUT2D eigenvalue weighted by Crippen LogP contribution is 2.27. The van der Waals surface area contributed by atoms with Gasteiger partial charge in [0.05, 0.1) is 0 Å². The van der Waals surface area contributed by atoms with Crippen molar-refractivity contribution in [3.8, 4) is 17.2 Å².